The van der Waals surface area contributed by atoms with Crippen molar-refractivity contribution >= 4 is 16.9 Å². The summed E-state index contributed by atoms with van der Waals surface area (Å²) in [4.78, 5) is 10.5. The minimum absolute atomic E-state index is 0.0329. The van der Waals surface area contributed by atoms with Crippen LogP contribution in [0, 0.1) is 0 Å². The molecule has 0 aliphatic carbocycles. The normalized spacial score (nSPS) is 15.9. The van der Waals surface area contributed by atoms with Gasteiger partial charge in [0.15, 0.2) is 11.3 Å². The largest absolute Gasteiger partial charge is 0.419 e. The van der Waals surface area contributed by atoms with Crippen LogP contribution in [0.5, 0.6) is 0 Å². The topological polar surface area (TPSA) is 17.1 Å². The second kappa shape index (κ2) is 7.09. The van der Waals surface area contributed by atoms with Gasteiger partial charge in [-0.25, -0.2) is 8.78 Å². The molecule has 0 N–H and O–H groups in total. The van der Waals surface area contributed by atoms with Gasteiger partial charge in [0.25, 0.3) is 0 Å². The Bertz CT molecular complexity index is 218. The minimum atomic E-state index is -4.91. The van der Waals surface area contributed by atoms with Crippen LogP contribution >= 0.6 is 11.8 Å². The summed E-state index contributed by atoms with van der Waals surface area (Å²) in [6.45, 7) is 1.32. The van der Waals surface area contributed by atoms with Crippen LogP contribution < -0.4 is 0 Å². The number of carbonyl (C=O) groups excluding carboxylic acids is 1. The summed E-state index contributed by atoms with van der Waals surface area (Å²) >= 11 is 0.905. The van der Waals surface area contributed by atoms with Gasteiger partial charge in [0.2, 0.25) is 0 Å². The molecule has 0 radical (unpaired) electrons. The number of alkyl halides is 5. The molecule has 16 heavy (non-hydrogen) atoms. The van der Waals surface area contributed by atoms with E-state index in [1.807, 2.05) is 0 Å². The average Bonchev–Trinajstić information content (AvgIpc) is 2.11. The van der Waals surface area contributed by atoms with E-state index in [0.29, 0.717) is 0 Å². The van der Waals surface area contributed by atoms with E-state index in [0.717, 1.165) is 11.8 Å². The third-order valence-electron chi connectivity index (χ3n) is 1.82. The molecule has 2 atom stereocenters. The first-order chi connectivity index (χ1) is 7.23. The lowest BCUT2D eigenvalue weighted by Gasteiger charge is -2.13. The Morgan fingerprint density at radius 1 is 1.19 bits per heavy atom. The van der Waals surface area contributed by atoms with Crippen molar-refractivity contribution in [2.24, 2.45) is 0 Å². The van der Waals surface area contributed by atoms with E-state index >= 15 is 0 Å². The lowest BCUT2D eigenvalue weighted by molar-refractivity contribution is -0.182. The Kier molecular flexibility index (Phi) is 6.94. The van der Waals surface area contributed by atoms with Gasteiger partial charge >= 0.3 is 6.18 Å². The van der Waals surface area contributed by atoms with Crippen LogP contribution in [0.3, 0.4) is 0 Å². The van der Waals surface area contributed by atoms with Crippen molar-refractivity contribution in [3.05, 3.63) is 0 Å². The Morgan fingerprint density at radius 3 is 2.19 bits per heavy atom. The van der Waals surface area contributed by atoms with E-state index < -0.39 is 31.4 Å². The molecule has 0 aliphatic rings. The maximum atomic E-state index is 12.9. The monoisotopic (exact) mass is 264 g/mol. The highest BCUT2D eigenvalue weighted by Gasteiger charge is 2.39. The van der Waals surface area contributed by atoms with Crippen molar-refractivity contribution in [2.45, 2.75) is 44.7 Å². The lowest BCUT2D eigenvalue weighted by atomic mass is 10.1. The molecular weight excluding hydrogens is 251 g/mol. The van der Waals surface area contributed by atoms with Gasteiger partial charge in [0, 0.05) is 12.7 Å². The van der Waals surface area contributed by atoms with Crippen LogP contribution in [0.1, 0.15) is 26.2 Å². The Morgan fingerprint density at radius 2 is 1.75 bits per heavy atom. The van der Waals surface area contributed by atoms with Crippen molar-refractivity contribution in [3.63, 3.8) is 0 Å². The molecule has 96 valence electrons. The standard InChI is InChI=1S/C9H13F5OS/c1-6(15)16-5-4-7(10)2-3-8(11)9(12,13)14/h7-8H,2-5H2,1H3. The van der Waals surface area contributed by atoms with Gasteiger partial charge in [-0.3, -0.25) is 4.79 Å². The summed E-state index contributed by atoms with van der Waals surface area (Å²) in [5.41, 5.74) is 0. The molecule has 0 heterocycles. The van der Waals surface area contributed by atoms with Gasteiger partial charge in [0.05, 0.1) is 0 Å². The zero-order chi connectivity index (χ0) is 12.8. The van der Waals surface area contributed by atoms with Gasteiger partial charge in [0.1, 0.15) is 6.17 Å². The van der Waals surface area contributed by atoms with Crippen molar-refractivity contribution in [3.8, 4) is 0 Å². The van der Waals surface area contributed by atoms with E-state index in [4.69, 9.17) is 0 Å². The van der Waals surface area contributed by atoms with E-state index in [1.165, 1.54) is 6.92 Å². The van der Waals surface area contributed by atoms with E-state index in [9.17, 15) is 26.7 Å². The Labute approximate surface area is 94.8 Å². The molecule has 2 unspecified atom stereocenters. The first-order valence-corrected chi connectivity index (χ1v) is 5.70. The molecule has 0 aromatic heterocycles. The summed E-state index contributed by atoms with van der Waals surface area (Å²) in [6.07, 6.45) is -10.7. The Balaban J connectivity index is 3.65. The number of carbonyl (C=O) groups is 1. The summed E-state index contributed by atoms with van der Waals surface area (Å²) in [5.74, 6) is 0.208. The van der Waals surface area contributed by atoms with Gasteiger partial charge in [-0.05, 0) is 19.3 Å². The molecular formula is C9H13F5OS. The number of thioether (sulfide) groups is 1. The van der Waals surface area contributed by atoms with Crippen LogP contribution in [-0.2, 0) is 4.79 Å². The molecule has 0 fully saturated rings. The van der Waals surface area contributed by atoms with E-state index in [2.05, 4.69) is 0 Å². The van der Waals surface area contributed by atoms with Crippen molar-refractivity contribution < 1.29 is 26.7 Å². The SMILES string of the molecule is CC(=O)SCCC(F)CCC(F)C(F)(F)F. The van der Waals surface area contributed by atoms with Crippen molar-refractivity contribution in [1.82, 2.24) is 0 Å². The first kappa shape index (κ1) is 15.7. The second-order valence-corrected chi connectivity index (χ2v) is 4.58. The molecule has 0 spiro atoms. The number of halogens is 5. The minimum Gasteiger partial charge on any atom is -0.288 e. The molecule has 0 amide bonds. The molecule has 0 aromatic carbocycles. The van der Waals surface area contributed by atoms with Crippen LogP contribution in [0.15, 0.2) is 0 Å². The fraction of sp³-hybridized carbons (Fsp3) is 0.889. The fourth-order valence-electron chi connectivity index (χ4n) is 0.966. The number of hydrogen-bond donors (Lipinski definition) is 0. The van der Waals surface area contributed by atoms with Gasteiger partial charge in [-0.2, -0.15) is 13.2 Å². The van der Waals surface area contributed by atoms with Gasteiger partial charge in [-0.15, -0.1) is 0 Å². The summed E-state index contributed by atoms with van der Waals surface area (Å²) in [5, 5.41) is -0.175. The third kappa shape index (κ3) is 7.90. The van der Waals surface area contributed by atoms with Crippen LogP contribution in [0.2, 0.25) is 0 Å². The average molecular weight is 264 g/mol. The van der Waals surface area contributed by atoms with Crippen LogP contribution in [0.25, 0.3) is 0 Å². The van der Waals surface area contributed by atoms with Crippen LogP contribution in [-0.4, -0.2) is 29.4 Å². The summed E-state index contributed by atoms with van der Waals surface area (Å²) in [7, 11) is 0. The predicted molar refractivity (Wildman–Crippen MR) is 52.8 cm³/mol. The van der Waals surface area contributed by atoms with Crippen LogP contribution in [0.4, 0.5) is 22.0 Å². The van der Waals surface area contributed by atoms with Gasteiger partial charge < -0.3 is 0 Å². The second-order valence-electron chi connectivity index (χ2n) is 3.31. The predicted octanol–water partition coefficient (Wildman–Crippen LogP) is 3.67. The number of rotatable bonds is 6. The number of hydrogen-bond acceptors (Lipinski definition) is 2. The first-order valence-electron chi connectivity index (χ1n) is 4.71. The van der Waals surface area contributed by atoms with Gasteiger partial charge in [-0.1, -0.05) is 11.8 Å². The maximum Gasteiger partial charge on any atom is 0.419 e. The van der Waals surface area contributed by atoms with Crippen molar-refractivity contribution in [1.29, 1.82) is 0 Å². The summed E-state index contributed by atoms with van der Waals surface area (Å²) < 4.78 is 60.4. The highest BCUT2D eigenvalue weighted by Crippen LogP contribution is 2.27. The lowest BCUT2D eigenvalue weighted by Crippen LogP contribution is -2.25. The molecule has 0 aromatic rings. The van der Waals surface area contributed by atoms with E-state index in [-0.39, 0.29) is 17.3 Å². The molecule has 0 aliphatic heterocycles. The molecule has 0 saturated carbocycles. The van der Waals surface area contributed by atoms with E-state index in [1.54, 1.807) is 0 Å². The molecule has 0 rings (SSSR count). The highest BCUT2D eigenvalue weighted by molar-refractivity contribution is 8.13. The zero-order valence-electron chi connectivity index (χ0n) is 8.69. The highest BCUT2D eigenvalue weighted by atomic mass is 32.2. The fourth-order valence-corrected chi connectivity index (χ4v) is 1.63. The quantitative estimate of drug-likeness (QED) is 0.681. The molecule has 7 heteroatoms. The maximum absolute atomic E-state index is 12.9. The van der Waals surface area contributed by atoms with Crippen molar-refractivity contribution in [2.75, 3.05) is 5.75 Å². The molecule has 0 bridgehead atoms. The zero-order valence-corrected chi connectivity index (χ0v) is 9.51. The Hall–Kier alpha value is -0.330. The molecule has 1 nitrogen and oxygen atoms in total. The summed E-state index contributed by atoms with van der Waals surface area (Å²) in [6, 6.07) is 0. The molecule has 0 saturated heterocycles. The third-order valence-corrected chi connectivity index (χ3v) is 2.67. The smallest absolute Gasteiger partial charge is 0.288 e.